The van der Waals surface area contributed by atoms with Crippen LogP contribution in [-0.4, -0.2) is 18.9 Å². The van der Waals surface area contributed by atoms with E-state index in [1.165, 1.54) is 25.3 Å². The second-order valence-electron chi connectivity index (χ2n) is 6.98. The predicted molar refractivity (Wildman–Crippen MR) is 119 cm³/mol. The van der Waals surface area contributed by atoms with Crippen molar-refractivity contribution < 1.29 is 18.7 Å². The maximum atomic E-state index is 14.5. The molecule has 0 saturated heterocycles. The molecule has 1 N–H and O–H groups in total. The summed E-state index contributed by atoms with van der Waals surface area (Å²) >= 11 is 6.12. The van der Waals surface area contributed by atoms with E-state index in [2.05, 4.69) is 5.32 Å². The van der Waals surface area contributed by atoms with E-state index in [0.717, 1.165) is 10.5 Å². The Balaban J connectivity index is 1.87. The Labute approximate surface area is 183 Å². The maximum Gasteiger partial charge on any atom is 0.282 e. The summed E-state index contributed by atoms with van der Waals surface area (Å²) in [7, 11) is 1.48. The summed E-state index contributed by atoms with van der Waals surface area (Å²) < 4.78 is 19.8. The fourth-order valence-corrected chi connectivity index (χ4v) is 3.57. The van der Waals surface area contributed by atoms with Gasteiger partial charge in [-0.15, -0.1) is 0 Å². The minimum atomic E-state index is -0.673. The van der Waals surface area contributed by atoms with Crippen LogP contribution < -0.4 is 15.0 Å². The molecule has 0 fully saturated rings. The summed E-state index contributed by atoms with van der Waals surface area (Å²) in [5.41, 5.74) is 1.97. The number of benzene rings is 3. The highest BCUT2D eigenvalue weighted by Crippen LogP contribution is 2.37. The van der Waals surface area contributed by atoms with Gasteiger partial charge in [-0.2, -0.15) is 0 Å². The number of ether oxygens (including phenoxy) is 1. The van der Waals surface area contributed by atoms with E-state index < -0.39 is 17.6 Å². The third-order valence-electron chi connectivity index (χ3n) is 4.94. The highest BCUT2D eigenvalue weighted by Gasteiger charge is 2.41. The average Bonchev–Trinajstić information content (AvgIpc) is 2.99. The van der Waals surface area contributed by atoms with Crippen molar-refractivity contribution in [1.82, 2.24) is 0 Å². The molecule has 4 rings (SSSR count). The van der Waals surface area contributed by atoms with Crippen molar-refractivity contribution in [3.63, 3.8) is 0 Å². The standard InChI is InChI=1S/C24H18ClFN2O3/c1-14-7-9-15(10-8-14)21-22(27-18-13-16(25)11-12-20(18)31-2)24(30)28(23(21)29)19-6-4-3-5-17(19)26/h3-13,27H,1-2H3. The zero-order valence-electron chi connectivity index (χ0n) is 16.8. The molecule has 3 aromatic rings. The predicted octanol–water partition coefficient (Wildman–Crippen LogP) is 5.19. The van der Waals surface area contributed by atoms with Gasteiger partial charge in [-0.3, -0.25) is 9.59 Å². The number of carbonyl (C=O) groups is 2. The van der Waals surface area contributed by atoms with E-state index in [1.807, 2.05) is 19.1 Å². The van der Waals surface area contributed by atoms with Gasteiger partial charge in [0.05, 0.1) is 24.1 Å². The van der Waals surface area contributed by atoms with Crippen LogP contribution in [0.1, 0.15) is 11.1 Å². The number of nitrogens with one attached hydrogen (secondary N) is 1. The monoisotopic (exact) mass is 436 g/mol. The Morgan fingerprint density at radius 3 is 2.35 bits per heavy atom. The molecule has 0 radical (unpaired) electrons. The molecule has 5 nitrogen and oxygen atoms in total. The van der Waals surface area contributed by atoms with E-state index in [0.29, 0.717) is 22.0 Å². The molecule has 2 amide bonds. The van der Waals surface area contributed by atoms with Crippen LogP contribution in [0.4, 0.5) is 15.8 Å². The quantitative estimate of drug-likeness (QED) is 0.559. The molecule has 0 bridgehead atoms. The summed E-state index contributed by atoms with van der Waals surface area (Å²) in [5.74, 6) is -1.53. The number of nitrogens with zero attached hydrogens (tertiary/aromatic N) is 1. The van der Waals surface area contributed by atoms with Crippen LogP contribution in [0.3, 0.4) is 0 Å². The number of hydrogen-bond donors (Lipinski definition) is 1. The number of aryl methyl sites for hydroxylation is 1. The Bertz CT molecular complexity index is 1220. The van der Waals surface area contributed by atoms with Crippen molar-refractivity contribution in [2.75, 3.05) is 17.3 Å². The van der Waals surface area contributed by atoms with Gasteiger partial charge in [0.2, 0.25) is 0 Å². The van der Waals surface area contributed by atoms with Crippen LogP contribution in [0.5, 0.6) is 5.75 Å². The number of imide groups is 1. The third kappa shape index (κ3) is 3.78. The van der Waals surface area contributed by atoms with Crippen LogP contribution in [0.2, 0.25) is 5.02 Å². The fraction of sp³-hybridized carbons (Fsp3) is 0.0833. The van der Waals surface area contributed by atoms with Gasteiger partial charge in [-0.25, -0.2) is 9.29 Å². The molecule has 1 aliphatic heterocycles. The summed E-state index contributed by atoms with van der Waals surface area (Å²) in [4.78, 5) is 27.5. The Hall–Kier alpha value is -3.64. The molecule has 3 aromatic carbocycles. The summed E-state index contributed by atoms with van der Waals surface area (Å²) in [6.07, 6.45) is 0. The van der Waals surface area contributed by atoms with Gasteiger partial charge in [0.25, 0.3) is 11.8 Å². The molecule has 0 unspecified atom stereocenters. The van der Waals surface area contributed by atoms with Crippen molar-refractivity contribution >= 4 is 40.4 Å². The normalized spacial score (nSPS) is 13.7. The van der Waals surface area contributed by atoms with Crippen LogP contribution in [0.25, 0.3) is 5.57 Å². The number of halogens is 2. The number of anilines is 2. The zero-order chi connectivity index (χ0) is 22.1. The van der Waals surface area contributed by atoms with E-state index in [9.17, 15) is 14.0 Å². The molecule has 156 valence electrons. The molecular weight excluding hydrogens is 419 g/mol. The number of hydrogen-bond acceptors (Lipinski definition) is 4. The lowest BCUT2D eigenvalue weighted by molar-refractivity contribution is -0.120. The minimum Gasteiger partial charge on any atom is -0.495 e. The number of methoxy groups -OCH3 is 1. The zero-order valence-corrected chi connectivity index (χ0v) is 17.5. The second kappa shape index (κ2) is 8.24. The molecule has 0 spiro atoms. The number of para-hydroxylation sites is 1. The number of carbonyl (C=O) groups excluding carboxylic acids is 2. The molecule has 7 heteroatoms. The molecular formula is C24H18ClFN2O3. The molecule has 1 heterocycles. The van der Waals surface area contributed by atoms with Gasteiger partial charge >= 0.3 is 0 Å². The van der Waals surface area contributed by atoms with Crippen molar-refractivity contribution in [2.24, 2.45) is 0 Å². The van der Waals surface area contributed by atoms with Crippen LogP contribution in [0, 0.1) is 12.7 Å². The van der Waals surface area contributed by atoms with Crippen molar-refractivity contribution in [1.29, 1.82) is 0 Å². The third-order valence-corrected chi connectivity index (χ3v) is 5.17. The Kier molecular flexibility index (Phi) is 5.48. The van der Waals surface area contributed by atoms with Gasteiger partial charge in [0, 0.05) is 5.02 Å². The number of rotatable bonds is 5. The summed E-state index contributed by atoms with van der Waals surface area (Å²) in [6.45, 7) is 1.92. The first-order chi connectivity index (χ1) is 14.9. The lowest BCUT2D eigenvalue weighted by Crippen LogP contribution is -2.33. The lowest BCUT2D eigenvalue weighted by atomic mass is 10.0. The molecule has 31 heavy (non-hydrogen) atoms. The molecule has 1 aliphatic rings. The van der Waals surface area contributed by atoms with Gasteiger partial charge in [0.15, 0.2) is 0 Å². The van der Waals surface area contributed by atoms with Crippen LogP contribution in [0.15, 0.2) is 72.4 Å². The maximum absolute atomic E-state index is 14.5. The van der Waals surface area contributed by atoms with E-state index >= 15 is 0 Å². The van der Waals surface area contributed by atoms with Gasteiger partial charge in [-0.05, 0) is 42.8 Å². The average molecular weight is 437 g/mol. The SMILES string of the molecule is COc1ccc(Cl)cc1NC1=C(c2ccc(C)cc2)C(=O)N(c2ccccc2F)C1=O. The van der Waals surface area contributed by atoms with E-state index in [4.69, 9.17) is 16.3 Å². The first kappa shape index (κ1) is 20.6. The highest BCUT2D eigenvalue weighted by atomic mass is 35.5. The molecule has 0 aromatic heterocycles. The smallest absolute Gasteiger partial charge is 0.282 e. The largest absolute Gasteiger partial charge is 0.495 e. The van der Waals surface area contributed by atoms with Crippen molar-refractivity contribution in [2.45, 2.75) is 6.92 Å². The second-order valence-corrected chi connectivity index (χ2v) is 7.42. The van der Waals surface area contributed by atoms with E-state index in [-0.39, 0.29) is 17.0 Å². The van der Waals surface area contributed by atoms with Gasteiger partial charge < -0.3 is 10.1 Å². The molecule has 0 saturated carbocycles. The molecule has 0 aliphatic carbocycles. The van der Waals surface area contributed by atoms with Gasteiger partial charge in [-0.1, -0.05) is 53.6 Å². The summed E-state index contributed by atoms with van der Waals surface area (Å²) in [6, 6.07) is 17.7. The first-order valence-corrected chi connectivity index (χ1v) is 9.83. The Morgan fingerprint density at radius 1 is 0.968 bits per heavy atom. The molecule has 0 atom stereocenters. The van der Waals surface area contributed by atoms with Gasteiger partial charge in [0.1, 0.15) is 17.3 Å². The minimum absolute atomic E-state index is 0.0117. The van der Waals surface area contributed by atoms with Crippen molar-refractivity contribution in [3.05, 3.63) is 94.4 Å². The fourth-order valence-electron chi connectivity index (χ4n) is 3.40. The lowest BCUT2D eigenvalue weighted by Gasteiger charge is -2.16. The highest BCUT2D eigenvalue weighted by molar-refractivity contribution is 6.46. The Morgan fingerprint density at radius 2 is 1.68 bits per heavy atom. The summed E-state index contributed by atoms with van der Waals surface area (Å²) in [5, 5.41) is 3.42. The van der Waals surface area contributed by atoms with E-state index in [1.54, 1.807) is 36.4 Å². The first-order valence-electron chi connectivity index (χ1n) is 9.46. The topological polar surface area (TPSA) is 58.6 Å². The van der Waals surface area contributed by atoms with Crippen molar-refractivity contribution in [3.8, 4) is 5.75 Å². The van der Waals surface area contributed by atoms with Crippen LogP contribution >= 0.6 is 11.6 Å². The van der Waals surface area contributed by atoms with Crippen LogP contribution in [-0.2, 0) is 9.59 Å². The number of amides is 2.